The molecule has 0 N–H and O–H groups in total. The Hall–Kier alpha value is -3.19. The summed E-state index contributed by atoms with van der Waals surface area (Å²) in [5.41, 5.74) is 4.36. The summed E-state index contributed by atoms with van der Waals surface area (Å²) in [6.45, 7) is 0. The van der Waals surface area contributed by atoms with E-state index in [1.807, 2.05) is 47.1 Å². The molecule has 0 radical (unpaired) electrons. The standard InChI is InChI=1S/C25H23FN2O/c26-21-16-18(14-15-19(21)17-27)25-20-10-6-4-5-7-11-22(20)28-23(25)12-8-2-1-3-9-13-24(28)29/h4-7,10-11,14-16H,1-3,8-9,12-13H2. The van der Waals surface area contributed by atoms with Crippen LogP contribution in [0.5, 0.6) is 0 Å². The first kappa shape index (κ1) is 19.1. The Kier molecular flexibility index (Phi) is 5.57. The number of nitriles is 1. The molecule has 1 aromatic heterocycles. The molecule has 3 nitrogen and oxygen atoms in total. The molecule has 2 heterocycles. The number of nitrogens with zero attached hydrogens (tertiary/aromatic N) is 2. The van der Waals surface area contributed by atoms with Crippen LogP contribution < -0.4 is 0 Å². The number of benzene rings is 1. The zero-order chi connectivity index (χ0) is 20.2. The maximum Gasteiger partial charge on any atom is 0.231 e. The number of aromatic nitrogens is 1. The van der Waals surface area contributed by atoms with Crippen molar-refractivity contribution in [3.8, 4) is 17.2 Å². The highest BCUT2D eigenvalue weighted by atomic mass is 19.1. The van der Waals surface area contributed by atoms with Crippen molar-refractivity contribution < 1.29 is 9.18 Å². The minimum atomic E-state index is -0.532. The molecule has 2 aliphatic rings. The Morgan fingerprint density at radius 2 is 1.66 bits per heavy atom. The molecule has 0 saturated carbocycles. The molecule has 1 aromatic carbocycles. The quantitative estimate of drug-likeness (QED) is 0.577. The zero-order valence-corrected chi connectivity index (χ0v) is 16.3. The molecule has 4 rings (SSSR count). The van der Waals surface area contributed by atoms with E-state index in [1.165, 1.54) is 12.1 Å². The van der Waals surface area contributed by atoms with Crippen LogP contribution in [0.2, 0.25) is 0 Å². The van der Waals surface area contributed by atoms with E-state index >= 15 is 0 Å². The summed E-state index contributed by atoms with van der Waals surface area (Å²) < 4.78 is 16.3. The molecule has 146 valence electrons. The minimum Gasteiger partial charge on any atom is -0.284 e. The molecule has 0 saturated heterocycles. The molecule has 29 heavy (non-hydrogen) atoms. The van der Waals surface area contributed by atoms with Gasteiger partial charge in [-0.25, -0.2) is 4.39 Å². The average molecular weight is 386 g/mol. The van der Waals surface area contributed by atoms with Crippen molar-refractivity contribution >= 4 is 18.1 Å². The van der Waals surface area contributed by atoms with Crippen molar-refractivity contribution in [2.45, 2.75) is 44.9 Å². The van der Waals surface area contributed by atoms with E-state index in [-0.39, 0.29) is 11.5 Å². The maximum absolute atomic E-state index is 14.5. The van der Waals surface area contributed by atoms with Gasteiger partial charge in [-0.05, 0) is 43.0 Å². The van der Waals surface area contributed by atoms with Crippen LogP contribution in [0.4, 0.5) is 4.39 Å². The predicted molar refractivity (Wildman–Crippen MR) is 114 cm³/mol. The second kappa shape index (κ2) is 8.45. The van der Waals surface area contributed by atoms with Crippen LogP contribution in [-0.4, -0.2) is 10.5 Å². The van der Waals surface area contributed by atoms with Crippen LogP contribution in [-0.2, 0) is 6.42 Å². The van der Waals surface area contributed by atoms with Gasteiger partial charge in [0.2, 0.25) is 5.91 Å². The smallest absolute Gasteiger partial charge is 0.231 e. The molecule has 1 aliphatic heterocycles. The van der Waals surface area contributed by atoms with Gasteiger partial charge in [0.15, 0.2) is 0 Å². The fourth-order valence-electron chi connectivity index (χ4n) is 4.24. The van der Waals surface area contributed by atoms with Gasteiger partial charge in [-0.3, -0.25) is 9.36 Å². The molecule has 0 bridgehead atoms. The maximum atomic E-state index is 14.5. The molecule has 0 spiro atoms. The molecule has 0 unspecified atom stereocenters. The topological polar surface area (TPSA) is 45.8 Å². The highest BCUT2D eigenvalue weighted by Crippen LogP contribution is 2.37. The third-order valence-electron chi connectivity index (χ3n) is 5.63. The Labute approximate surface area is 170 Å². The number of rotatable bonds is 1. The van der Waals surface area contributed by atoms with Gasteiger partial charge in [0.25, 0.3) is 0 Å². The lowest BCUT2D eigenvalue weighted by Crippen LogP contribution is -2.16. The first-order valence-electron chi connectivity index (χ1n) is 10.2. The van der Waals surface area contributed by atoms with Crippen molar-refractivity contribution in [1.29, 1.82) is 5.26 Å². The summed E-state index contributed by atoms with van der Waals surface area (Å²) >= 11 is 0. The summed E-state index contributed by atoms with van der Waals surface area (Å²) in [6.07, 6.45) is 18.2. The van der Waals surface area contributed by atoms with Crippen molar-refractivity contribution in [2.24, 2.45) is 0 Å². The van der Waals surface area contributed by atoms with E-state index in [2.05, 4.69) is 0 Å². The lowest BCUT2D eigenvalue weighted by atomic mass is 9.95. The second-order valence-corrected chi connectivity index (χ2v) is 7.53. The summed E-state index contributed by atoms with van der Waals surface area (Å²) in [5, 5.41) is 9.09. The molecule has 0 amide bonds. The lowest BCUT2D eigenvalue weighted by molar-refractivity contribution is 0.0894. The average Bonchev–Trinajstić information content (AvgIpc) is 2.99. The zero-order valence-electron chi connectivity index (χ0n) is 16.3. The van der Waals surface area contributed by atoms with Crippen molar-refractivity contribution in [3.63, 3.8) is 0 Å². The van der Waals surface area contributed by atoms with Gasteiger partial charge in [0.05, 0.1) is 11.3 Å². The molecule has 0 atom stereocenters. The number of carbonyl (C=O) groups is 1. The Morgan fingerprint density at radius 3 is 2.41 bits per heavy atom. The molecule has 4 heteroatoms. The van der Waals surface area contributed by atoms with Crippen LogP contribution in [0, 0.1) is 17.1 Å². The molecule has 2 aromatic rings. The highest BCUT2D eigenvalue weighted by molar-refractivity contribution is 5.92. The van der Waals surface area contributed by atoms with E-state index in [9.17, 15) is 9.18 Å². The second-order valence-electron chi connectivity index (χ2n) is 7.53. The molecular formula is C25H23FN2O. The number of hydrogen-bond acceptors (Lipinski definition) is 2. The number of fused-ring (bicyclic) bond motifs is 3. The minimum absolute atomic E-state index is 0.0291. The van der Waals surface area contributed by atoms with Crippen molar-refractivity contribution in [1.82, 2.24) is 4.57 Å². The first-order valence-corrected chi connectivity index (χ1v) is 10.2. The van der Waals surface area contributed by atoms with E-state index in [1.54, 1.807) is 6.07 Å². The van der Waals surface area contributed by atoms with Gasteiger partial charge in [-0.1, -0.05) is 55.7 Å². The van der Waals surface area contributed by atoms with Crippen molar-refractivity contribution in [3.05, 3.63) is 70.8 Å². The fraction of sp³-hybridized carbons (Fsp3) is 0.280. The Morgan fingerprint density at radius 1 is 0.931 bits per heavy atom. The van der Waals surface area contributed by atoms with E-state index in [0.29, 0.717) is 12.0 Å². The first-order chi connectivity index (χ1) is 14.2. The highest BCUT2D eigenvalue weighted by Gasteiger charge is 2.25. The number of allylic oxidation sites excluding steroid dienone is 4. The van der Waals surface area contributed by atoms with Crippen LogP contribution in [0.3, 0.4) is 0 Å². The van der Waals surface area contributed by atoms with E-state index in [0.717, 1.165) is 61.0 Å². The third-order valence-corrected chi connectivity index (χ3v) is 5.63. The van der Waals surface area contributed by atoms with Gasteiger partial charge in [-0.15, -0.1) is 0 Å². The van der Waals surface area contributed by atoms with Crippen LogP contribution in [0.1, 0.15) is 65.8 Å². The lowest BCUT2D eigenvalue weighted by Gasteiger charge is -2.14. The largest absolute Gasteiger partial charge is 0.284 e. The van der Waals surface area contributed by atoms with Gasteiger partial charge in [0.1, 0.15) is 11.9 Å². The number of carbonyl (C=O) groups excluding carboxylic acids is 1. The van der Waals surface area contributed by atoms with Crippen LogP contribution >= 0.6 is 0 Å². The molecule has 0 fully saturated rings. The van der Waals surface area contributed by atoms with Gasteiger partial charge in [-0.2, -0.15) is 5.26 Å². The Bertz CT molecular complexity index is 1080. The predicted octanol–water partition coefficient (Wildman–Crippen LogP) is 6.30. The van der Waals surface area contributed by atoms with E-state index < -0.39 is 5.82 Å². The summed E-state index contributed by atoms with van der Waals surface area (Å²) in [5.74, 6) is -0.434. The number of hydrogen-bond donors (Lipinski definition) is 0. The SMILES string of the molecule is N#Cc1ccc(-c2c3c(n4c2CCCCCCCC4=O)C=CC=CC=C3)cc1F. The summed E-state index contributed by atoms with van der Waals surface area (Å²) in [7, 11) is 0. The summed E-state index contributed by atoms with van der Waals surface area (Å²) in [4.78, 5) is 13.2. The third kappa shape index (κ3) is 3.73. The van der Waals surface area contributed by atoms with Crippen molar-refractivity contribution in [2.75, 3.05) is 0 Å². The van der Waals surface area contributed by atoms with E-state index in [4.69, 9.17) is 5.26 Å². The van der Waals surface area contributed by atoms with Crippen LogP contribution in [0.15, 0.2) is 42.5 Å². The molecular weight excluding hydrogens is 363 g/mol. The van der Waals surface area contributed by atoms with Crippen LogP contribution in [0.25, 0.3) is 23.3 Å². The van der Waals surface area contributed by atoms with Gasteiger partial charge >= 0.3 is 0 Å². The monoisotopic (exact) mass is 386 g/mol. The summed E-state index contributed by atoms with van der Waals surface area (Å²) in [6, 6.07) is 6.61. The number of halogens is 1. The molecule has 1 aliphatic carbocycles. The Balaban J connectivity index is 1.99. The normalized spacial score (nSPS) is 16.5. The van der Waals surface area contributed by atoms with Gasteiger partial charge in [0, 0.05) is 23.2 Å². The van der Waals surface area contributed by atoms with Gasteiger partial charge < -0.3 is 0 Å². The fourth-order valence-corrected chi connectivity index (χ4v) is 4.24.